The second kappa shape index (κ2) is 3.35. The van der Waals surface area contributed by atoms with Gasteiger partial charge in [0.25, 0.3) is 0 Å². The van der Waals surface area contributed by atoms with Crippen molar-refractivity contribution in [3.05, 3.63) is 0 Å². The van der Waals surface area contributed by atoms with E-state index in [-0.39, 0.29) is 0 Å². The van der Waals surface area contributed by atoms with Gasteiger partial charge in [-0.3, -0.25) is 4.84 Å². The first-order valence-electron chi connectivity index (χ1n) is 4.20. The smallest absolute Gasteiger partial charge is 0.154 e. The minimum absolute atomic E-state index is 0.444. The molecule has 2 atom stereocenters. The number of hydrogen-bond acceptors (Lipinski definition) is 2. The van der Waals surface area contributed by atoms with Crippen molar-refractivity contribution in [1.82, 2.24) is 5.06 Å². The highest BCUT2D eigenvalue weighted by Gasteiger charge is 2.37. The average Bonchev–Trinajstić information content (AvgIpc) is 2.62. The van der Waals surface area contributed by atoms with Crippen molar-refractivity contribution in [1.29, 1.82) is 0 Å². The summed E-state index contributed by atoms with van der Waals surface area (Å²) in [5.74, 6) is 0. The maximum Gasteiger partial charge on any atom is 0.154 e. The summed E-state index contributed by atoms with van der Waals surface area (Å²) in [4.78, 5) is 5.31. The van der Waals surface area contributed by atoms with E-state index in [1.54, 1.807) is 0 Å². The van der Waals surface area contributed by atoms with Crippen LogP contribution >= 0.6 is 0 Å². The standard InChI is InChI=1S/C8H17NO/c1-4-5-6-8-9(10-8)7(2)3/h7-8H,4-6H2,1-3H3. The molecule has 1 heterocycles. The van der Waals surface area contributed by atoms with Gasteiger partial charge in [-0.1, -0.05) is 13.3 Å². The van der Waals surface area contributed by atoms with Crippen LogP contribution in [0.4, 0.5) is 0 Å². The largest absolute Gasteiger partial charge is 0.275 e. The van der Waals surface area contributed by atoms with Crippen molar-refractivity contribution in [3.8, 4) is 0 Å². The van der Waals surface area contributed by atoms with Crippen LogP contribution in [0.1, 0.15) is 40.0 Å². The third-order valence-electron chi connectivity index (χ3n) is 1.80. The van der Waals surface area contributed by atoms with Gasteiger partial charge in [-0.05, 0) is 26.7 Å². The molecule has 0 aromatic carbocycles. The fraction of sp³-hybridized carbons (Fsp3) is 1.00. The molecule has 0 aliphatic carbocycles. The first-order valence-corrected chi connectivity index (χ1v) is 4.20. The van der Waals surface area contributed by atoms with Gasteiger partial charge in [-0.15, -0.1) is 0 Å². The number of nitrogens with zero attached hydrogens (tertiary/aromatic N) is 1. The van der Waals surface area contributed by atoms with Gasteiger partial charge in [-0.25, -0.2) is 0 Å². The lowest BCUT2D eigenvalue weighted by atomic mass is 10.2. The molecule has 0 bridgehead atoms. The molecule has 0 spiro atoms. The first kappa shape index (κ1) is 8.02. The Hall–Kier alpha value is -0.0800. The molecule has 2 nitrogen and oxygen atoms in total. The van der Waals surface area contributed by atoms with Crippen LogP contribution in [0.5, 0.6) is 0 Å². The molecule has 0 radical (unpaired) electrons. The van der Waals surface area contributed by atoms with Crippen molar-refractivity contribution in [2.75, 3.05) is 0 Å². The van der Waals surface area contributed by atoms with Gasteiger partial charge in [0, 0.05) is 6.04 Å². The molecule has 1 aliphatic rings. The molecule has 1 saturated heterocycles. The highest BCUT2D eigenvalue weighted by Crippen LogP contribution is 2.27. The number of hydrogen-bond donors (Lipinski definition) is 0. The van der Waals surface area contributed by atoms with Gasteiger partial charge >= 0.3 is 0 Å². The third-order valence-corrected chi connectivity index (χ3v) is 1.80. The lowest BCUT2D eigenvalue weighted by molar-refractivity contribution is 0.163. The minimum atomic E-state index is 0.444. The quantitative estimate of drug-likeness (QED) is 0.560. The molecule has 2 unspecified atom stereocenters. The fourth-order valence-electron chi connectivity index (χ4n) is 1.13. The van der Waals surface area contributed by atoms with Gasteiger partial charge in [0.1, 0.15) is 0 Å². The van der Waals surface area contributed by atoms with Crippen LogP contribution in [-0.4, -0.2) is 17.3 Å². The molecule has 0 aromatic heterocycles. The van der Waals surface area contributed by atoms with Crippen LogP contribution < -0.4 is 0 Å². The zero-order valence-corrected chi connectivity index (χ0v) is 7.13. The highest BCUT2D eigenvalue weighted by molar-refractivity contribution is 4.68. The second-order valence-corrected chi connectivity index (χ2v) is 3.16. The maximum absolute atomic E-state index is 5.31. The average molecular weight is 143 g/mol. The van der Waals surface area contributed by atoms with Gasteiger partial charge in [0.15, 0.2) is 6.23 Å². The molecule has 0 amide bonds. The summed E-state index contributed by atoms with van der Waals surface area (Å²) in [6.07, 6.45) is 4.20. The molecule has 0 saturated carbocycles. The van der Waals surface area contributed by atoms with Gasteiger partial charge in [0.2, 0.25) is 0 Å². The summed E-state index contributed by atoms with van der Waals surface area (Å²) in [5, 5.41) is 2.07. The monoisotopic (exact) mass is 143 g/mol. The molecule has 10 heavy (non-hydrogen) atoms. The molecule has 1 rings (SSSR count). The summed E-state index contributed by atoms with van der Waals surface area (Å²) in [5.41, 5.74) is 0. The van der Waals surface area contributed by atoms with Crippen molar-refractivity contribution in [2.24, 2.45) is 0 Å². The van der Waals surface area contributed by atoms with E-state index in [2.05, 4.69) is 25.8 Å². The van der Waals surface area contributed by atoms with Crippen LogP contribution in [-0.2, 0) is 4.84 Å². The number of hydroxylamine groups is 2. The van der Waals surface area contributed by atoms with Gasteiger partial charge in [0.05, 0.1) is 0 Å². The lowest BCUT2D eigenvalue weighted by Gasteiger charge is -1.99. The first-order chi connectivity index (χ1) is 4.75. The Balaban J connectivity index is 2.02. The SMILES string of the molecule is CCCCC1ON1C(C)C. The molecule has 60 valence electrons. The number of rotatable bonds is 4. The van der Waals surface area contributed by atoms with Crippen molar-refractivity contribution in [2.45, 2.75) is 52.3 Å². The predicted octanol–water partition coefficient (Wildman–Crippen LogP) is 2.16. The highest BCUT2D eigenvalue weighted by atomic mass is 16.8. The van der Waals surface area contributed by atoms with E-state index in [9.17, 15) is 0 Å². The van der Waals surface area contributed by atoms with Crippen molar-refractivity contribution >= 4 is 0 Å². The van der Waals surface area contributed by atoms with E-state index < -0.39 is 0 Å². The molecule has 1 fully saturated rings. The van der Waals surface area contributed by atoms with Crippen LogP contribution in [0.2, 0.25) is 0 Å². The lowest BCUT2D eigenvalue weighted by Crippen LogP contribution is -2.11. The van der Waals surface area contributed by atoms with Crippen LogP contribution in [0, 0.1) is 0 Å². The van der Waals surface area contributed by atoms with Crippen LogP contribution in [0.25, 0.3) is 0 Å². The minimum Gasteiger partial charge on any atom is -0.275 e. The summed E-state index contributed by atoms with van der Waals surface area (Å²) in [6.45, 7) is 6.53. The molecular weight excluding hydrogens is 126 g/mol. The Morgan fingerprint density at radius 2 is 2.20 bits per heavy atom. The van der Waals surface area contributed by atoms with Crippen LogP contribution in [0.15, 0.2) is 0 Å². The topological polar surface area (TPSA) is 15.5 Å². The Bertz CT molecular complexity index is 103. The molecule has 0 aromatic rings. The summed E-state index contributed by atoms with van der Waals surface area (Å²) >= 11 is 0. The summed E-state index contributed by atoms with van der Waals surface area (Å²) < 4.78 is 0. The van der Waals surface area contributed by atoms with Crippen molar-refractivity contribution < 1.29 is 4.84 Å². The Morgan fingerprint density at radius 1 is 1.50 bits per heavy atom. The van der Waals surface area contributed by atoms with Gasteiger partial charge < -0.3 is 0 Å². The second-order valence-electron chi connectivity index (χ2n) is 3.16. The summed E-state index contributed by atoms with van der Waals surface area (Å²) in [7, 11) is 0. The zero-order valence-electron chi connectivity index (χ0n) is 7.13. The van der Waals surface area contributed by atoms with Crippen LogP contribution in [0.3, 0.4) is 0 Å². The zero-order chi connectivity index (χ0) is 7.56. The summed E-state index contributed by atoms with van der Waals surface area (Å²) in [6, 6.07) is 0.557. The Kier molecular flexibility index (Phi) is 2.69. The predicted molar refractivity (Wildman–Crippen MR) is 41.4 cm³/mol. The van der Waals surface area contributed by atoms with Crippen molar-refractivity contribution in [3.63, 3.8) is 0 Å². The van der Waals surface area contributed by atoms with E-state index in [0.717, 1.165) is 0 Å². The van der Waals surface area contributed by atoms with E-state index in [4.69, 9.17) is 4.84 Å². The molecule has 0 N–H and O–H groups in total. The normalized spacial score (nSPS) is 31.2. The molecule has 2 heteroatoms. The number of unbranched alkanes of at least 4 members (excludes halogenated alkanes) is 1. The molecular formula is C8H17NO. The Morgan fingerprint density at radius 3 is 2.60 bits per heavy atom. The van der Waals surface area contributed by atoms with E-state index >= 15 is 0 Å². The van der Waals surface area contributed by atoms with E-state index in [0.29, 0.717) is 12.3 Å². The third kappa shape index (κ3) is 1.96. The van der Waals surface area contributed by atoms with Gasteiger partial charge in [-0.2, -0.15) is 5.06 Å². The van der Waals surface area contributed by atoms with E-state index in [1.165, 1.54) is 19.3 Å². The Labute approximate surface area is 63.1 Å². The molecule has 1 aliphatic heterocycles. The maximum atomic E-state index is 5.31. The fourth-order valence-corrected chi connectivity index (χ4v) is 1.13. The van der Waals surface area contributed by atoms with E-state index in [1.807, 2.05) is 0 Å².